The van der Waals surface area contributed by atoms with Crippen molar-refractivity contribution in [1.29, 1.82) is 0 Å². The quantitative estimate of drug-likeness (QED) is 0.744. The van der Waals surface area contributed by atoms with Gasteiger partial charge in [-0.25, -0.2) is 4.79 Å². The zero-order valence-corrected chi connectivity index (χ0v) is 19.2. The Labute approximate surface area is 188 Å². The molecule has 2 aliphatic rings. The molecule has 1 N–H and O–H groups in total. The van der Waals surface area contributed by atoms with Crippen LogP contribution in [0.5, 0.6) is 11.5 Å². The van der Waals surface area contributed by atoms with E-state index < -0.39 is 0 Å². The Balaban J connectivity index is 1.60. The number of carbonyl (C=O) groups is 2. The molecule has 9 heteroatoms. The molecular formula is C23H31N5O4. The van der Waals surface area contributed by atoms with Gasteiger partial charge in [0.25, 0.3) is 5.91 Å². The van der Waals surface area contributed by atoms with Gasteiger partial charge in [0.2, 0.25) is 0 Å². The van der Waals surface area contributed by atoms with Crippen molar-refractivity contribution in [3.05, 3.63) is 41.2 Å². The molecule has 2 aromatic rings. The largest absolute Gasteiger partial charge is 0.486 e. The molecule has 0 unspecified atom stereocenters. The maximum absolute atomic E-state index is 13.7. The smallest absolute Gasteiger partial charge is 0.317 e. The molecule has 32 heavy (non-hydrogen) atoms. The Kier molecular flexibility index (Phi) is 5.99. The second-order valence-electron chi connectivity index (χ2n) is 9.18. The molecule has 0 bridgehead atoms. The summed E-state index contributed by atoms with van der Waals surface area (Å²) in [6.45, 7) is 11.5. The SMILES string of the molecule is Cc1cc(C(=O)N(CCN2CCNC2=O)Cc2ccc3c(c2)OCCO3)n(C(C)(C)C)n1. The van der Waals surface area contributed by atoms with E-state index in [1.807, 2.05) is 52.0 Å². The van der Waals surface area contributed by atoms with E-state index in [0.29, 0.717) is 63.1 Å². The van der Waals surface area contributed by atoms with Crippen molar-refractivity contribution in [1.82, 2.24) is 24.9 Å². The third kappa shape index (κ3) is 4.66. The summed E-state index contributed by atoms with van der Waals surface area (Å²) in [4.78, 5) is 29.2. The molecule has 1 saturated heterocycles. The Morgan fingerprint density at radius 2 is 1.94 bits per heavy atom. The zero-order chi connectivity index (χ0) is 22.9. The van der Waals surface area contributed by atoms with E-state index in [9.17, 15) is 9.59 Å². The van der Waals surface area contributed by atoms with Crippen LogP contribution in [0, 0.1) is 6.92 Å². The molecule has 1 fully saturated rings. The number of fused-ring (bicyclic) bond motifs is 1. The minimum absolute atomic E-state index is 0.0905. The van der Waals surface area contributed by atoms with E-state index in [4.69, 9.17) is 9.47 Å². The van der Waals surface area contributed by atoms with Crippen LogP contribution in [0.25, 0.3) is 0 Å². The standard InChI is InChI=1S/C23H31N5O4/c1-16-13-18(28(25-16)23(2,3)4)21(29)27(10-9-26-8-7-24-22(26)30)15-17-5-6-19-20(14-17)32-12-11-31-19/h5-6,13-14H,7-12,15H2,1-4H3,(H,24,30). The first-order valence-electron chi connectivity index (χ1n) is 11.0. The first kappa shape index (κ1) is 22.0. The number of amides is 3. The Morgan fingerprint density at radius 3 is 2.62 bits per heavy atom. The summed E-state index contributed by atoms with van der Waals surface area (Å²) >= 11 is 0. The summed E-state index contributed by atoms with van der Waals surface area (Å²) in [5.41, 5.74) is 1.93. The number of nitrogens with one attached hydrogen (secondary N) is 1. The second kappa shape index (κ2) is 8.72. The number of nitrogens with zero attached hydrogens (tertiary/aromatic N) is 4. The summed E-state index contributed by atoms with van der Waals surface area (Å²) in [6.07, 6.45) is 0. The fourth-order valence-electron chi connectivity index (χ4n) is 3.95. The lowest BCUT2D eigenvalue weighted by molar-refractivity contribution is 0.0710. The van der Waals surface area contributed by atoms with Gasteiger partial charge >= 0.3 is 6.03 Å². The van der Waals surface area contributed by atoms with Gasteiger partial charge in [0.1, 0.15) is 18.9 Å². The molecule has 172 valence electrons. The van der Waals surface area contributed by atoms with E-state index in [-0.39, 0.29) is 17.5 Å². The minimum atomic E-state index is -0.337. The van der Waals surface area contributed by atoms with Crippen molar-refractivity contribution in [3.8, 4) is 11.5 Å². The third-order valence-corrected chi connectivity index (χ3v) is 5.54. The highest BCUT2D eigenvalue weighted by Gasteiger charge is 2.28. The number of ether oxygens (including phenoxy) is 2. The first-order chi connectivity index (χ1) is 15.2. The van der Waals surface area contributed by atoms with Gasteiger partial charge in [0.05, 0.1) is 11.2 Å². The lowest BCUT2D eigenvalue weighted by Crippen LogP contribution is -2.41. The summed E-state index contributed by atoms with van der Waals surface area (Å²) < 4.78 is 13.1. The average Bonchev–Trinajstić information content (AvgIpc) is 3.35. The van der Waals surface area contributed by atoms with Gasteiger partial charge in [-0.15, -0.1) is 0 Å². The molecular weight excluding hydrogens is 410 g/mol. The number of benzene rings is 1. The Hall–Kier alpha value is -3.23. The molecule has 3 heterocycles. The number of urea groups is 1. The predicted molar refractivity (Wildman–Crippen MR) is 119 cm³/mol. The van der Waals surface area contributed by atoms with Crippen LogP contribution in [0.15, 0.2) is 24.3 Å². The normalized spacial score (nSPS) is 15.6. The minimum Gasteiger partial charge on any atom is -0.486 e. The lowest BCUT2D eigenvalue weighted by atomic mass is 10.1. The molecule has 9 nitrogen and oxygen atoms in total. The number of aromatic nitrogens is 2. The molecule has 1 aromatic heterocycles. The third-order valence-electron chi connectivity index (χ3n) is 5.54. The molecule has 1 aromatic carbocycles. The van der Waals surface area contributed by atoms with Gasteiger partial charge < -0.3 is 24.6 Å². The van der Waals surface area contributed by atoms with Gasteiger partial charge in [-0.1, -0.05) is 6.07 Å². The van der Waals surface area contributed by atoms with E-state index in [2.05, 4.69) is 10.4 Å². The van der Waals surface area contributed by atoms with Crippen LogP contribution in [0.4, 0.5) is 4.79 Å². The highest BCUT2D eigenvalue weighted by Crippen LogP contribution is 2.31. The fraction of sp³-hybridized carbons (Fsp3) is 0.522. The van der Waals surface area contributed by atoms with Crippen LogP contribution >= 0.6 is 0 Å². The molecule has 0 atom stereocenters. The summed E-state index contributed by atoms with van der Waals surface area (Å²) in [6, 6.07) is 7.48. The Morgan fingerprint density at radius 1 is 1.19 bits per heavy atom. The monoisotopic (exact) mass is 441 g/mol. The molecule has 0 saturated carbocycles. The van der Waals surface area contributed by atoms with Crippen LogP contribution in [0.2, 0.25) is 0 Å². The summed E-state index contributed by atoms with van der Waals surface area (Å²) in [5, 5.41) is 7.37. The highest BCUT2D eigenvalue weighted by atomic mass is 16.6. The molecule has 0 spiro atoms. The van der Waals surface area contributed by atoms with Crippen LogP contribution in [-0.4, -0.2) is 70.9 Å². The van der Waals surface area contributed by atoms with Gasteiger partial charge in [0.15, 0.2) is 11.5 Å². The number of hydrogen-bond donors (Lipinski definition) is 1. The fourth-order valence-corrected chi connectivity index (χ4v) is 3.95. The van der Waals surface area contributed by atoms with Gasteiger partial charge in [-0.3, -0.25) is 9.48 Å². The van der Waals surface area contributed by atoms with Gasteiger partial charge in [-0.05, 0) is 51.5 Å². The number of aryl methyl sites for hydroxylation is 1. The van der Waals surface area contributed by atoms with Crippen LogP contribution < -0.4 is 14.8 Å². The van der Waals surface area contributed by atoms with Crippen molar-refractivity contribution in [2.45, 2.75) is 39.8 Å². The number of carbonyl (C=O) groups excluding carboxylic acids is 2. The van der Waals surface area contributed by atoms with E-state index in [0.717, 1.165) is 11.3 Å². The number of rotatable bonds is 6. The average molecular weight is 442 g/mol. The van der Waals surface area contributed by atoms with Crippen LogP contribution in [0.3, 0.4) is 0 Å². The topological polar surface area (TPSA) is 88.9 Å². The predicted octanol–water partition coefficient (Wildman–Crippen LogP) is 2.39. The second-order valence-corrected chi connectivity index (χ2v) is 9.18. The van der Waals surface area contributed by atoms with Crippen molar-refractivity contribution in [2.24, 2.45) is 0 Å². The summed E-state index contributed by atoms with van der Waals surface area (Å²) in [7, 11) is 0. The van der Waals surface area contributed by atoms with Crippen LogP contribution in [-0.2, 0) is 12.1 Å². The summed E-state index contributed by atoms with van der Waals surface area (Å²) in [5.74, 6) is 1.29. The van der Waals surface area contributed by atoms with Gasteiger partial charge in [-0.2, -0.15) is 5.10 Å². The maximum atomic E-state index is 13.7. The van der Waals surface area contributed by atoms with Crippen molar-refractivity contribution in [3.63, 3.8) is 0 Å². The molecule has 4 rings (SSSR count). The molecule has 0 radical (unpaired) electrons. The Bertz CT molecular complexity index is 1010. The van der Waals surface area contributed by atoms with E-state index >= 15 is 0 Å². The molecule has 0 aliphatic carbocycles. The zero-order valence-electron chi connectivity index (χ0n) is 19.2. The van der Waals surface area contributed by atoms with Crippen molar-refractivity contribution in [2.75, 3.05) is 39.4 Å². The van der Waals surface area contributed by atoms with E-state index in [1.165, 1.54) is 0 Å². The van der Waals surface area contributed by atoms with Crippen molar-refractivity contribution >= 4 is 11.9 Å². The molecule has 2 aliphatic heterocycles. The highest BCUT2D eigenvalue weighted by molar-refractivity contribution is 5.93. The number of hydrogen-bond acceptors (Lipinski definition) is 5. The first-order valence-corrected chi connectivity index (χ1v) is 11.0. The van der Waals surface area contributed by atoms with E-state index in [1.54, 1.807) is 14.5 Å². The molecule has 3 amide bonds. The van der Waals surface area contributed by atoms with Crippen molar-refractivity contribution < 1.29 is 19.1 Å². The van der Waals surface area contributed by atoms with Gasteiger partial charge in [0, 0.05) is 32.7 Å². The van der Waals surface area contributed by atoms with Crippen LogP contribution in [0.1, 0.15) is 42.5 Å². The maximum Gasteiger partial charge on any atom is 0.317 e. The lowest BCUT2D eigenvalue weighted by Gasteiger charge is -2.28.